The van der Waals surface area contributed by atoms with Crippen LogP contribution in [-0.2, 0) is 11.0 Å². The molecule has 0 aliphatic rings. The molecule has 0 saturated carbocycles. The Morgan fingerprint density at radius 3 is 2.57 bits per heavy atom. The van der Waals surface area contributed by atoms with Crippen LogP contribution < -0.4 is 4.72 Å². The van der Waals surface area contributed by atoms with Gasteiger partial charge in [-0.15, -0.1) is 0 Å². The molecule has 14 heavy (non-hydrogen) atoms. The summed E-state index contributed by atoms with van der Waals surface area (Å²) in [6.07, 6.45) is 0.885. The standard InChI is InChI=1S/C10H12N2OS/c1-2-7-14(13)12-10-5-3-9(8-11)4-6-10/h3-6,12H,2,7H2,1H3. The molecule has 3 nitrogen and oxygen atoms in total. The number of rotatable bonds is 4. The Hall–Kier alpha value is -1.34. The first-order valence-electron chi connectivity index (χ1n) is 4.41. The molecule has 1 rings (SSSR count). The SMILES string of the molecule is CCCS(=O)Nc1ccc(C#N)cc1. The number of nitriles is 1. The lowest BCUT2D eigenvalue weighted by molar-refractivity contribution is 0.685. The maximum absolute atomic E-state index is 11.3. The third-order valence-electron chi connectivity index (χ3n) is 1.64. The predicted molar refractivity (Wildman–Crippen MR) is 58.1 cm³/mol. The normalized spacial score (nSPS) is 11.7. The van der Waals surface area contributed by atoms with Gasteiger partial charge < -0.3 is 4.72 Å². The first-order valence-corrected chi connectivity index (χ1v) is 5.73. The van der Waals surface area contributed by atoms with E-state index in [1.807, 2.05) is 13.0 Å². The molecule has 1 aromatic carbocycles. The van der Waals surface area contributed by atoms with E-state index in [1.165, 1.54) is 0 Å². The van der Waals surface area contributed by atoms with Crippen molar-refractivity contribution in [1.29, 1.82) is 5.26 Å². The molecular weight excluding hydrogens is 196 g/mol. The lowest BCUT2D eigenvalue weighted by atomic mass is 10.2. The van der Waals surface area contributed by atoms with Gasteiger partial charge in [0.05, 0.1) is 11.6 Å². The van der Waals surface area contributed by atoms with Gasteiger partial charge in [0.25, 0.3) is 0 Å². The van der Waals surface area contributed by atoms with E-state index < -0.39 is 11.0 Å². The number of hydrogen-bond donors (Lipinski definition) is 1. The maximum atomic E-state index is 11.3. The highest BCUT2D eigenvalue weighted by Crippen LogP contribution is 2.09. The Bertz CT molecular complexity index is 353. The Morgan fingerprint density at radius 1 is 1.43 bits per heavy atom. The maximum Gasteiger partial charge on any atom is 0.117 e. The molecule has 0 heterocycles. The fourth-order valence-corrected chi connectivity index (χ4v) is 1.85. The van der Waals surface area contributed by atoms with Crippen LogP contribution in [0.4, 0.5) is 5.69 Å². The lowest BCUT2D eigenvalue weighted by Crippen LogP contribution is -2.07. The van der Waals surface area contributed by atoms with Gasteiger partial charge in [-0.1, -0.05) is 6.92 Å². The minimum atomic E-state index is -1.01. The average molecular weight is 208 g/mol. The number of hydrogen-bond acceptors (Lipinski definition) is 2. The van der Waals surface area contributed by atoms with Crippen LogP contribution >= 0.6 is 0 Å². The van der Waals surface area contributed by atoms with Crippen molar-refractivity contribution in [3.05, 3.63) is 29.8 Å². The molecule has 0 bridgehead atoms. The summed E-state index contributed by atoms with van der Waals surface area (Å²) in [5.74, 6) is 0.639. The van der Waals surface area contributed by atoms with Crippen molar-refractivity contribution in [2.75, 3.05) is 10.5 Å². The van der Waals surface area contributed by atoms with Crippen LogP contribution in [0.1, 0.15) is 18.9 Å². The number of benzene rings is 1. The molecule has 0 amide bonds. The Balaban J connectivity index is 2.61. The van der Waals surface area contributed by atoms with Crippen molar-refractivity contribution in [1.82, 2.24) is 0 Å². The van der Waals surface area contributed by atoms with E-state index in [-0.39, 0.29) is 0 Å². The molecule has 1 unspecified atom stereocenters. The second kappa shape index (κ2) is 5.40. The summed E-state index contributed by atoms with van der Waals surface area (Å²) in [4.78, 5) is 0. The Kier molecular flexibility index (Phi) is 4.14. The predicted octanol–water partition coefficient (Wildman–Crippen LogP) is 2.04. The van der Waals surface area contributed by atoms with Gasteiger partial charge >= 0.3 is 0 Å². The van der Waals surface area contributed by atoms with Crippen molar-refractivity contribution in [3.8, 4) is 6.07 Å². The van der Waals surface area contributed by atoms with Gasteiger partial charge in [-0.05, 0) is 30.7 Å². The van der Waals surface area contributed by atoms with Crippen molar-refractivity contribution in [2.45, 2.75) is 13.3 Å². The largest absolute Gasteiger partial charge is 0.305 e. The summed E-state index contributed by atoms with van der Waals surface area (Å²) in [5.41, 5.74) is 1.40. The highest BCUT2D eigenvalue weighted by molar-refractivity contribution is 7.86. The van der Waals surface area contributed by atoms with Crippen LogP contribution in [0.3, 0.4) is 0 Å². The molecule has 1 atom stereocenters. The van der Waals surface area contributed by atoms with Crippen LogP contribution in [0.5, 0.6) is 0 Å². The van der Waals surface area contributed by atoms with E-state index in [4.69, 9.17) is 5.26 Å². The van der Waals surface area contributed by atoms with Gasteiger partial charge in [0, 0.05) is 11.4 Å². The fraction of sp³-hybridized carbons (Fsp3) is 0.300. The topological polar surface area (TPSA) is 52.9 Å². The van der Waals surface area contributed by atoms with Crippen LogP contribution in [0.2, 0.25) is 0 Å². The Labute approximate surface area is 86.3 Å². The van der Waals surface area contributed by atoms with E-state index >= 15 is 0 Å². The molecule has 0 fully saturated rings. The molecule has 4 heteroatoms. The quantitative estimate of drug-likeness (QED) is 0.823. The van der Waals surface area contributed by atoms with Gasteiger partial charge in [-0.3, -0.25) is 0 Å². The summed E-state index contributed by atoms with van der Waals surface area (Å²) in [7, 11) is -1.01. The molecule has 0 radical (unpaired) electrons. The van der Waals surface area contributed by atoms with Crippen molar-refractivity contribution in [2.24, 2.45) is 0 Å². The van der Waals surface area contributed by atoms with Gasteiger partial charge in [-0.25, -0.2) is 4.21 Å². The molecule has 0 aliphatic carbocycles. The first kappa shape index (κ1) is 10.7. The zero-order valence-corrected chi connectivity index (χ0v) is 8.80. The fourth-order valence-electron chi connectivity index (χ4n) is 0.981. The zero-order valence-electron chi connectivity index (χ0n) is 7.99. The highest BCUT2D eigenvalue weighted by Gasteiger charge is 1.98. The smallest absolute Gasteiger partial charge is 0.117 e. The van der Waals surface area contributed by atoms with Gasteiger partial charge in [0.15, 0.2) is 0 Å². The molecule has 0 saturated heterocycles. The second-order valence-electron chi connectivity index (χ2n) is 2.84. The van der Waals surface area contributed by atoms with E-state index in [2.05, 4.69) is 4.72 Å². The summed E-state index contributed by atoms with van der Waals surface area (Å²) < 4.78 is 14.2. The highest BCUT2D eigenvalue weighted by atomic mass is 32.2. The van der Waals surface area contributed by atoms with Crippen LogP contribution in [0.15, 0.2) is 24.3 Å². The third kappa shape index (κ3) is 3.19. The van der Waals surface area contributed by atoms with E-state index in [1.54, 1.807) is 24.3 Å². The van der Waals surface area contributed by atoms with Crippen LogP contribution in [0.25, 0.3) is 0 Å². The minimum absolute atomic E-state index is 0.608. The third-order valence-corrected chi connectivity index (χ3v) is 2.88. The van der Waals surface area contributed by atoms with Crippen molar-refractivity contribution < 1.29 is 4.21 Å². The van der Waals surface area contributed by atoms with E-state index in [9.17, 15) is 4.21 Å². The molecular formula is C10H12N2OS. The van der Waals surface area contributed by atoms with E-state index in [0.29, 0.717) is 11.3 Å². The van der Waals surface area contributed by atoms with Crippen molar-refractivity contribution >= 4 is 16.7 Å². The summed E-state index contributed by atoms with van der Waals surface area (Å²) >= 11 is 0. The van der Waals surface area contributed by atoms with Gasteiger partial charge in [0.2, 0.25) is 0 Å². The number of anilines is 1. The summed E-state index contributed by atoms with van der Waals surface area (Å²) in [6, 6.07) is 8.94. The van der Waals surface area contributed by atoms with Crippen LogP contribution in [0, 0.1) is 11.3 Å². The van der Waals surface area contributed by atoms with Crippen molar-refractivity contribution in [3.63, 3.8) is 0 Å². The van der Waals surface area contributed by atoms with Gasteiger partial charge in [0.1, 0.15) is 11.0 Å². The Morgan fingerprint density at radius 2 is 2.07 bits per heavy atom. The average Bonchev–Trinajstić information content (AvgIpc) is 2.19. The molecule has 74 valence electrons. The monoisotopic (exact) mass is 208 g/mol. The number of nitrogens with one attached hydrogen (secondary N) is 1. The van der Waals surface area contributed by atoms with Crippen LogP contribution in [-0.4, -0.2) is 9.96 Å². The second-order valence-corrected chi connectivity index (χ2v) is 4.14. The molecule has 0 aromatic heterocycles. The number of nitrogens with zero attached hydrogens (tertiary/aromatic N) is 1. The molecule has 1 aromatic rings. The van der Waals surface area contributed by atoms with E-state index in [0.717, 1.165) is 12.1 Å². The lowest BCUT2D eigenvalue weighted by Gasteiger charge is -2.04. The zero-order chi connectivity index (χ0) is 10.4. The first-order chi connectivity index (χ1) is 6.76. The molecule has 1 N–H and O–H groups in total. The summed E-state index contributed by atoms with van der Waals surface area (Å²) in [5, 5.41) is 8.56. The molecule has 0 spiro atoms. The van der Waals surface area contributed by atoms with Gasteiger partial charge in [-0.2, -0.15) is 5.26 Å². The molecule has 0 aliphatic heterocycles. The minimum Gasteiger partial charge on any atom is -0.305 e. The summed E-state index contributed by atoms with van der Waals surface area (Å²) in [6.45, 7) is 1.98.